The van der Waals surface area contributed by atoms with Gasteiger partial charge in [0.1, 0.15) is 0 Å². The van der Waals surface area contributed by atoms with Crippen LogP contribution in [0.5, 0.6) is 0 Å². The lowest BCUT2D eigenvalue weighted by atomic mass is 10.1. The van der Waals surface area contributed by atoms with E-state index in [0.29, 0.717) is 0 Å². The van der Waals surface area contributed by atoms with Crippen LogP contribution >= 0.6 is 22.9 Å². The summed E-state index contributed by atoms with van der Waals surface area (Å²) < 4.78 is 1.27. The largest absolute Gasteiger partial charge is 0.320 e. The number of nitrogens with two attached hydrogens (primary N) is 1. The number of thiophene rings is 1. The number of fused-ring (bicyclic) bond motifs is 1. The number of hydrogen-bond acceptors (Lipinski definition) is 2. The molecule has 0 saturated carbocycles. The van der Waals surface area contributed by atoms with Crippen LogP contribution in [0.3, 0.4) is 0 Å². The molecule has 0 aliphatic rings. The maximum Gasteiger partial charge on any atom is 0.0646 e. The van der Waals surface area contributed by atoms with E-state index < -0.39 is 0 Å². The van der Waals surface area contributed by atoms with Crippen LogP contribution in [-0.4, -0.2) is 0 Å². The Morgan fingerprint density at radius 3 is 2.61 bits per heavy atom. The highest BCUT2D eigenvalue weighted by molar-refractivity contribution is 7.19. The van der Waals surface area contributed by atoms with Crippen molar-refractivity contribution in [3.05, 3.63) is 70.1 Å². The van der Waals surface area contributed by atoms with Gasteiger partial charge in [0, 0.05) is 14.6 Å². The lowest BCUT2D eigenvalue weighted by Gasteiger charge is -2.09. The molecule has 0 bridgehead atoms. The van der Waals surface area contributed by atoms with Gasteiger partial charge in [-0.2, -0.15) is 0 Å². The Kier molecular flexibility index (Phi) is 3.08. The molecule has 3 aromatic rings. The summed E-state index contributed by atoms with van der Waals surface area (Å²) in [6.45, 7) is 0. The molecule has 0 fully saturated rings. The van der Waals surface area contributed by atoms with E-state index in [4.69, 9.17) is 17.3 Å². The zero-order valence-corrected chi connectivity index (χ0v) is 11.2. The Hall–Kier alpha value is -1.35. The molecule has 0 radical (unpaired) electrons. The molecule has 1 aromatic heterocycles. The van der Waals surface area contributed by atoms with Gasteiger partial charge in [-0.1, -0.05) is 41.9 Å². The van der Waals surface area contributed by atoms with E-state index >= 15 is 0 Å². The standard InChI is InChI=1S/C15H12ClNS/c16-12-6-3-5-11(8-12)15(17)14-9-10-4-1-2-7-13(10)18-14/h1-9,15H,17H2. The van der Waals surface area contributed by atoms with E-state index in [9.17, 15) is 0 Å². The molecule has 90 valence electrons. The zero-order chi connectivity index (χ0) is 12.5. The van der Waals surface area contributed by atoms with E-state index in [1.165, 1.54) is 15.0 Å². The molecule has 1 heterocycles. The van der Waals surface area contributed by atoms with Gasteiger partial charge in [0.05, 0.1) is 6.04 Å². The number of benzene rings is 2. The molecular weight excluding hydrogens is 262 g/mol. The summed E-state index contributed by atoms with van der Waals surface area (Å²) in [5.41, 5.74) is 7.35. The van der Waals surface area contributed by atoms with E-state index in [0.717, 1.165) is 10.6 Å². The van der Waals surface area contributed by atoms with Crippen molar-refractivity contribution in [2.24, 2.45) is 5.73 Å². The van der Waals surface area contributed by atoms with E-state index in [2.05, 4.69) is 18.2 Å². The fourth-order valence-electron chi connectivity index (χ4n) is 2.02. The molecule has 18 heavy (non-hydrogen) atoms. The van der Waals surface area contributed by atoms with Gasteiger partial charge in [-0.3, -0.25) is 0 Å². The summed E-state index contributed by atoms with van der Waals surface area (Å²) >= 11 is 7.74. The minimum absolute atomic E-state index is 0.110. The summed E-state index contributed by atoms with van der Waals surface area (Å²) in [5, 5.41) is 1.97. The number of rotatable bonds is 2. The lowest BCUT2D eigenvalue weighted by Crippen LogP contribution is -2.09. The van der Waals surface area contributed by atoms with Crippen LogP contribution in [0.25, 0.3) is 10.1 Å². The second-order valence-electron chi connectivity index (χ2n) is 4.22. The molecule has 0 amide bonds. The van der Waals surface area contributed by atoms with Crippen LogP contribution in [0.15, 0.2) is 54.6 Å². The molecule has 2 N–H and O–H groups in total. The highest BCUT2D eigenvalue weighted by Gasteiger charge is 2.12. The third-order valence-corrected chi connectivity index (χ3v) is 4.39. The SMILES string of the molecule is NC(c1cccc(Cl)c1)c1cc2ccccc2s1. The molecule has 3 heteroatoms. The van der Waals surface area contributed by atoms with Crippen LogP contribution in [0.2, 0.25) is 5.02 Å². The summed E-state index contributed by atoms with van der Waals surface area (Å²) in [5.74, 6) is 0. The van der Waals surface area contributed by atoms with Gasteiger partial charge >= 0.3 is 0 Å². The Bertz CT molecular complexity index is 657. The quantitative estimate of drug-likeness (QED) is 0.725. The molecule has 3 rings (SSSR count). The van der Waals surface area contributed by atoms with Gasteiger partial charge in [-0.05, 0) is 35.2 Å². The van der Waals surface area contributed by atoms with Gasteiger partial charge in [0.2, 0.25) is 0 Å². The van der Waals surface area contributed by atoms with Gasteiger partial charge in [0.15, 0.2) is 0 Å². The smallest absolute Gasteiger partial charge is 0.0646 e. The van der Waals surface area contributed by atoms with Crippen molar-refractivity contribution in [1.29, 1.82) is 0 Å². The number of hydrogen-bond donors (Lipinski definition) is 1. The van der Waals surface area contributed by atoms with E-state index in [1.807, 2.05) is 36.4 Å². The molecular formula is C15H12ClNS. The fourth-order valence-corrected chi connectivity index (χ4v) is 3.31. The lowest BCUT2D eigenvalue weighted by molar-refractivity contribution is 0.894. The minimum Gasteiger partial charge on any atom is -0.320 e. The molecule has 1 nitrogen and oxygen atoms in total. The van der Waals surface area contributed by atoms with Gasteiger partial charge in [-0.15, -0.1) is 11.3 Å². The van der Waals surface area contributed by atoms with Crippen LogP contribution in [0.4, 0.5) is 0 Å². The highest BCUT2D eigenvalue weighted by Crippen LogP contribution is 2.32. The van der Waals surface area contributed by atoms with Crippen molar-refractivity contribution < 1.29 is 0 Å². The third kappa shape index (κ3) is 2.15. The highest BCUT2D eigenvalue weighted by atomic mass is 35.5. The second kappa shape index (κ2) is 4.73. The number of halogens is 1. The molecule has 2 aromatic carbocycles. The zero-order valence-electron chi connectivity index (χ0n) is 9.64. The predicted octanol–water partition coefficient (Wildman–Crippen LogP) is 4.60. The van der Waals surface area contributed by atoms with Crippen molar-refractivity contribution in [2.45, 2.75) is 6.04 Å². The van der Waals surface area contributed by atoms with Crippen LogP contribution in [0, 0.1) is 0 Å². The average molecular weight is 274 g/mol. The maximum atomic E-state index is 6.30. The molecule has 0 saturated heterocycles. The van der Waals surface area contributed by atoms with Crippen molar-refractivity contribution in [2.75, 3.05) is 0 Å². The first-order valence-electron chi connectivity index (χ1n) is 5.73. The molecule has 1 unspecified atom stereocenters. The summed E-state index contributed by atoms with van der Waals surface area (Å²) in [6, 6.07) is 18.1. The Balaban J connectivity index is 2.03. The van der Waals surface area contributed by atoms with Crippen molar-refractivity contribution in [3.63, 3.8) is 0 Å². The topological polar surface area (TPSA) is 26.0 Å². The van der Waals surface area contributed by atoms with Gasteiger partial charge in [-0.25, -0.2) is 0 Å². The van der Waals surface area contributed by atoms with Gasteiger partial charge < -0.3 is 5.73 Å². The van der Waals surface area contributed by atoms with Crippen LogP contribution < -0.4 is 5.73 Å². The Labute approximate surface area is 115 Å². The molecule has 0 aliphatic heterocycles. The normalized spacial score (nSPS) is 12.8. The van der Waals surface area contributed by atoms with Crippen LogP contribution in [0.1, 0.15) is 16.5 Å². The first-order chi connectivity index (χ1) is 8.74. The first-order valence-corrected chi connectivity index (χ1v) is 6.93. The molecule has 0 aliphatic carbocycles. The monoisotopic (exact) mass is 273 g/mol. The van der Waals surface area contributed by atoms with E-state index in [-0.39, 0.29) is 6.04 Å². The predicted molar refractivity (Wildman–Crippen MR) is 79.3 cm³/mol. The van der Waals surface area contributed by atoms with Gasteiger partial charge in [0.25, 0.3) is 0 Å². The summed E-state index contributed by atoms with van der Waals surface area (Å²) in [7, 11) is 0. The minimum atomic E-state index is -0.110. The van der Waals surface area contributed by atoms with Crippen molar-refractivity contribution in [3.8, 4) is 0 Å². The Morgan fingerprint density at radius 2 is 1.83 bits per heavy atom. The summed E-state index contributed by atoms with van der Waals surface area (Å²) in [4.78, 5) is 1.17. The molecule has 0 spiro atoms. The fraction of sp³-hybridized carbons (Fsp3) is 0.0667. The van der Waals surface area contributed by atoms with Crippen LogP contribution in [-0.2, 0) is 0 Å². The second-order valence-corrected chi connectivity index (χ2v) is 5.77. The van der Waals surface area contributed by atoms with E-state index in [1.54, 1.807) is 11.3 Å². The Morgan fingerprint density at radius 1 is 1.00 bits per heavy atom. The van der Waals surface area contributed by atoms with Crippen molar-refractivity contribution in [1.82, 2.24) is 0 Å². The third-order valence-electron chi connectivity index (χ3n) is 2.96. The first kappa shape index (κ1) is 11.7. The maximum absolute atomic E-state index is 6.30. The average Bonchev–Trinajstić information content (AvgIpc) is 2.81. The van der Waals surface area contributed by atoms with Crippen molar-refractivity contribution >= 4 is 33.0 Å². The summed E-state index contributed by atoms with van der Waals surface area (Å²) in [6.07, 6.45) is 0. The molecule has 1 atom stereocenters.